The molecular formula is C14H19NO3. The van der Waals surface area contributed by atoms with Crippen molar-refractivity contribution in [1.29, 1.82) is 0 Å². The molecule has 2 aliphatic rings. The van der Waals surface area contributed by atoms with Gasteiger partial charge in [-0.05, 0) is 31.4 Å². The zero-order chi connectivity index (χ0) is 12.2. The van der Waals surface area contributed by atoms with E-state index < -0.39 is 0 Å². The van der Waals surface area contributed by atoms with Crippen LogP contribution in [0.3, 0.4) is 0 Å². The van der Waals surface area contributed by atoms with Gasteiger partial charge in [-0.1, -0.05) is 0 Å². The first-order valence-corrected chi connectivity index (χ1v) is 6.67. The Hall–Kier alpha value is -1.42. The van der Waals surface area contributed by atoms with Crippen molar-refractivity contribution in [3.8, 4) is 11.5 Å². The summed E-state index contributed by atoms with van der Waals surface area (Å²) in [5.74, 6) is 1.66. The third-order valence-electron chi connectivity index (χ3n) is 3.35. The largest absolute Gasteiger partial charge is 0.486 e. The van der Waals surface area contributed by atoms with Gasteiger partial charge in [0.05, 0.1) is 6.10 Å². The first-order chi connectivity index (χ1) is 8.92. The molecule has 2 heterocycles. The van der Waals surface area contributed by atoms with Gasteiger partial charge in [0.25, 0.3) is 0 Å². The summed E-state index contributed by atoms with van der Waals surface area (Å²) in [6.45, 7) is 3.02. The summed E-state index contributed by atoms with van der Waals surface area (Å²) < 4.78 is 16.7. The molecule has 1 atom stereocenters. The summed E-state index contributed by atoms with van der Waals surface area (Å²) in [5.41, 5.74) is 1.06. The molecule has 0 aromatic heterocycles. The Balaban J connectivity index is 1.58. The molecule has 1 saturated heterocycles. The smallest absolute Gasteiger partial charge is 0.163 e. The first kappa shape index (κ1) is 11.7. The summed E-state index contributed by atoms with van der Waals surface area (Å²) >= 11 is 0. The molecule has 0 aliphatic carbocycles. The summed E-state index contributed by atoms with van der Waals surface area (Å²) in [7, 11) is 0. The standard InChI is InChI=1S/C14H19NO3/c1-2-6-16-12(3-1)10-15-11-4-5-13-14(9-11)18-8-7-17-13/h4-5,9,12,15H,1-3,6-8,10H2. The summed E-state index contributed by atoms with van der Waals surface area (Å²) in [6, 6.07) is 5.98. The van der Waals surface area contributed by atoms with E-state index in [1.54, 1.807) is 0 Å². The van der Waals surface area contributed by atoms with Gasteiger partial charge in [-0.15, -0.1) is 0 Å². The molecule has 4 heteroatoms. The van der Waals surface area contributed by atoms with E-state index in [4.69, 9.17) is 14.2 Å². The van der Waals surface area contributed by atoms with Gasteiger partial charge in [-0.25, -0.2) is 0 Å². The molecule has 2 aliphatic heterocycles. The maximum atomic E-state index is 5.69. The lowest BCUT2D eigenvalue weighted by atomic mass is 10.1. The lowest BCUT2D eigenvalue weighted by Crippen LogP contribution is -2.27. The molecule has 1 N–H and O–H groups in total. The van der Waals surface area contributed by atoms with E-state index in [-0.39, 0.29) is 0 Å². The number of hydrogen-bond donors (Lipinski definition) is 1. The van der Waals surface area contributed by atoms with Gasteiger partial charge in [-0.3, -0.25) is 0 Å². The van der Waals surface area contributed by atoms with Gasteiger partial charge in [0.2, 0.25) is 0 Å². The molecule has 3 rings (SSSR count). The van der Waals surface area contributed by atoms with Crippen LogP contribution >= 0.6 is 0 Å². The topological polar surface area (TPSA) is 39.7 Å². The lowest BCUT2D eigenvalue weighted by Gasteiger charge is -2.24. The van der Waals surface area contributed by atoms with Crippen LogP contribution in [0.4, 0.5) is 5.69 Å². The number of nitrogens with one attached hydrogen (secondary N) is 1. The van der Waals surface area contributed by atoms with Crippen molar-refractivity contribution in [3.05, 3.63) is 18.2 Å². The van der Waals surface area contributed by atoms with E-state index in [0.29, 0.717) is 19.3 Å². The SMILES string of the molecule is c1cc2c(cc1NCC1CCCCO1)OCCO2. The van der Waals surface area contributed by atoms with Crippen molar-refractivity contribution in [1.82, 2.24) is 0 Å². The van der Waals surface area contributed by atoms with Gasteiger partial charge < -0.3 is 19.5 Å². The van der Waals surface area contributed by atoms with Crippen LogP contribution in [0.1, 0.15) is 19.3 Å². The van der Waals surface area contributed by atoms with Crippen molar-refractivity contribution in [2.75, 3.05) is 31.7 Å². The molecule has 98 valence electrons. The minimum atomic E-state index is 0.340. The molecule has 18 heavy (non-hydrogen) atoms. The van der Waals surface area contributed by atoms with Gasteiger partial charge in [0.1, 0.15) is 13.2 Å². The fourth-order valence-electron chi connectivity index (χ4n) is 2.35. The van der Waals surface area contributed by atoms with E-state index in [0.717, 1.165) is 36.8 Å². The fraction of sp³-hybridized carbons (Fsp3) is 0.571. The van der Waals surface area contributed by atoms with Crippen LogP contribution < -0.4 is 14.8 Å². The number of fused-ring (bicyclic) bond motifs is 1. The van der Waals surface area contributed by atoms with Crippen LogP contribution in [0.5, 0.6) is 11.5 Å². The van der Waals surface area contributed by atoms with Crippen molar-refractivity contribution >= 4 is 5.69 Å². The average molecular weight is 249 g/mol. The Kier molecular flexibility index (Phi) is 3.55. The maximum Gasteiger partial charge on any atom is 0.163 e. The zero-order valence-corrected chi connectivity index (χ0v) is 10.5. The van der Waals surface area contributed by atoms with Crippen molar-refractivity contribution in [2.24, 2.45) is 0 Å². The zero-order valence-electron chi connectivity index (χ0n) is 10.5. The average Bonchev–Trinajstić information content (AvgIpc) is 2.46. The van der Waals surface area contributed by atoms with Crippen LogP contribution in [-0.2, 0) is 4.74 Å². The quantitative estimate of drug-likeness (QED) is 0.893. The van der Waals surface area contributed by atoms with E-state index in [9.17, 15) is 0 Å². The Morgan fingerprint density at radius 1 is 1.06 bits per heavy atom. The molecular weight excluding hydrogens is 230 g/mol. The van der Waals surface area contributed by atoms with Crippen LogP contribution in [-0.4, -0.2) is 32.5 Å². The molecule has 4 nitrogen and oxygen atoms in total. The second-order valence-electron chi connectivity index (χ2n) is 4.73. The van der Waals surface area contributed by atoms with E-state index in [1.165, 1.54) is 12.8 Å². The lowest BCUT2D eigenvalue weighted by molar-refractivity contribution is 0.0247. The minimum absolute atomic E-state index is 0.340. The highest BCUT2D eigenvalue weighted by Gasteiger charge is 2.15. The predicted octanol–water partition coefficient (Wildman–Crippen LogP) is 2.44. The third kappa shape index (κ3) is 2.70. The Morgan fingerprint density at radius 2 is 1.94 bits per heavy atom. The first-order valence-electron chi connectivity index (χ1n) is 6.67. The van der Waals surface area contributed by atoms with Crippen molar-refractivity contribution in [3.63, 3.8) is 0 Å². The minimum Gasteiger partial charge on any atom is -0.486 e. The number of ether oxygens (including phenoxy) is 3. The summed E-state index contributed by atoms with van der Waals surface area (Å²) in [4.78, 5) is 0. The van der Waals surface area contributed by atoms with Crippen LogP contribution in [0.2, 0.25) is 0 Å². The molecule has 0 amide bonds. The Bertz CT molecular complexity index is 402. The normalized spacial score (nSPS) is 22.6. The maximum absolute atomic E-state index is 5.69. The molecule has 0 bridgehead atoms. The van der Waals surface area contributed by atoms with Gasteiger partial charge in [-0.2, -0.15) is 0 Å². The molecule has 1 fully saturated rings. The summed E-state index contributed by atoms with van der Waals surface area (Å²) in [6.07, 6.45) is 3.96. The Labute approximate surface area is 107 Å². The van der Waals surface area contributed by atoms with Crippen LogP contribution in [0.25, 0.3) is 0 Å². The highest BCUT2D eigenvalue weighted by atomic mass is 16.6. The number of benzene rings is 1. The molecule has 0 radical (unpaired) electrons. The molecule has 1 aromatic rings. The van der Waals surface area contributed by atoms with Crippen molar-refractivity contribution < 1.29 is 14.2 Å². The second-order valence-corrected chi connectivity index (χ2v) is 4.73. The molecule has 0 spiro atoms. The number of rotatable bonds is 3. The summed E-state index contributed by atoms with van der Waals surface area (Å²) in [5, 5.41) is 3.40. The highest BCUT2D eigenvalue weighted by molar-refractivity contribution is 5.55. The van der Waals surface area contributed by atoms with E-state index >= 15 is 0 Å². The molecule has 0 saturated carbocycles. The monoisotopic (exact) mass is 249 g/mol. The van der Waals surface area contributed by atoms with Gasteiger partial charge in [0.15, 0.2) is 11.5 Å². The highest BCUT2D eigenvalue weighted by Crippen LogP contribution is 2.32. The van der Waals surface area contributed by atoms with Crippen LogP contribution in [0, 0.1) is 0 Å². The van der Waals surface area contributed by atoms with E-state index in [2.05, 4.69) is 5.32 Å². The predicted molar refractivity (Wildman–Crippen MR) is 69.5 cm³/mol. The number of anilines is 1. The number of hydrogen-bond acceptors (Lipinski definition) is 4. The fourth-order valence-corrected chi connectivity index (χ4v) is 2.35. The third-order valence-corrected chi connectivity index (χ3v) is 3.35. The van der Waals surface area contributed by atoms with Crippen LogP contribution in [0.15, 0.2) is 18.2 Å². The Morgan fingerprint density at radius 3 is 2.78 bits per heavy atom. The molecule has 1 aromatic carbocycles. The molecule has 1 unspecified atom stereocenters. The second kappa shape index (κ2) is 5.48. The van der Waals surface area contributed by atoms with Gasteiger partial charge >= 0.3 is 0 Å². The van der Waals surface area contributed by atoms with Crippen molar-refractivity contribution in [2.45, 2.75) is 25.4 Å². The van der Waals surface area contributed by atoms with Gasteiger partial charge in [0, 0.05) is 24.9 Å². The van der Waals surface area contributed by atoms with E-state index in [1.807, 2.05) is 18.2 Å².